The number of halogens is 1. The molecule has 2 heterocycles. The second-order valence-electron chi connectivity index (χ2n) is 6.21. The van der Waals surface area contributed by atoms with Crippen molar-refractivity contribution in [3.8, 4) is 0 Å². The van der Waals surface area contributed by atoms with Gasteiger partial charge in [-0.05, 0) is 26.7 Å². The lowest BCUT2D eigenvalue weighted by molar-refractivity contribution is -0.149. The van der Waals surface area contributed by atoms with Crippen molar-refractivity contribution >= 4 is 24.2 Å². The molecule has 2 rings (SSSR count). The Kier molecular flexibility index (Phi) is 6.43. The van der Waals surface area contributed by atoms with Gasteiger partial charge in [-0.25, -0.2) is 0 Å². The summed E-state index contributed by atoms with van der Waals surface area (Å²) in [4.78, 5) is 28.1. The minimum absolute atomic E-state index is 0. The number of nitrogens with zero attached hydrogens (tertiary/aromatic N) is 2. The summed E-state index contributed by atoms with van der Waals surface area (Å²) in [6, 6.07) is 0. The van der Waals surface area contributed by atoms with Crippen LogP contribution >= 0.6 is 12.4 Å². The zero-order valence-corrected chi connectivity index (χ0v) is 13.7. The van der Waals surface area contributed by atoms with Crippen molar-refractivity contribution in [3.63, 3.8) is 0 Å². The summed E-state index contributed by atoms with van der Waals surface area (Å²) in [6.45, 7) is 7.08. The molecule has 0 bridgehead atoms. The van der Waals surface area contributed by atoms with Crippen LogP contribution in [-0.2, 0) is 14.3 Å². The molecule has 2 saturated heterocycles. The highest BCUT2D eigenvalue weighted by atomic mass is 35.5. The van der Waals surface area contributed by atoms with E-state index in [1.54, 1.807) is 0 Å². The molecule has 0 aromatic heterocycles. The lowest BCUT2D eigenvalue weighted by atomic mass is 9.91. The number of nitrogens with two attached hydrogens (primary N) is 1. The number of ether oxygens (including phenoxy) is 1. The van der Waals surface area contributed by atoms with Gasteiger partial charge in [0.1, 0.15) is 6.10 Å². The topological polar surface area (TPSA) is 75.9 Å². The molecule has 1 atom stereocenters. The molecule has 2 aliphatic rings. The van der Waals surface area contributed by atoms with Crippen LogP contribution in [0.5, 0.6) is 0 Å². The van der Waals surface area contributed by atoms with Gasteiger partial charge in [-0.15, -0.1) is 12.4 Å². The van der Waals surface area contributed by atoms with Crippen molar-refractivity contribution in [1.82, 2.24) is 9.80 Å². The first kappa shape index (κ1) is 18.2. The van der Waals surface area contributed by atoms with Crippen LogP contribution in [0.4, 0.5) is 0 Å². The Labute approximate surface area is 132 Å². The summed E-state index contributed by atoms with van der Waals surface area (Å²) < 4.78 is 5.43. The number of hydrogen-bond donors (Lipinski definition) is 1. The fourth-order valence-corrected chi connectivity index (χ4v) is 2.62. The maximum absolute atomic E-state index is 12.3. The van der Waals surface area contributed by atoms with E-state index >= 15 is 0 Å². The van der Waals surface area contributed by atoms with Crippen molar-refractivity contribution in [2.24, 2.45) is 11.1 Å². The summed E-state index contributed by atoms with van der Waals surface area (Å²) in [5.74, 6) is 0.150. The van der Waals surface area contributed by atoms with Gasteiger partial charge in [-0.2, -0.15) is 0 Å². The Hall–Kier alpha value is -0.850. The van der Waals surface area contributed by atoms with Crippen molar-refractivity contribution in [2.45, 2.75) is 32.8 Å². The third kappa shape index (κ3) is 4.08. The molecule has 7 heteroatoms. The molecule has 0 saturated carbocycles. The van der Waals surface area contributed by atoms with Gasteiger partial charge < -0.3 is 20.3 Å². The van der Waals surface area contributed by atoms with Crippen LogP contribution in [0, 0.1) is 5.41 Å². The quantitative estimate of drug-likeness (QED) is 0.808. The standard InChI is InChI=1S/C14H25N3O3.ClH/c1-14(2,10-15)13(19)17-7-5-16(6-8-17)12(18)11-4-3-9-20-11;/h11H,3-10,15H2,1-2H3;1H. The lowest BCUT2D eigenvalue weighted by Crippen LogP contribution is -2.55. The molecule has 0 spiro atoms. The van der Waals surface area contributed by atoms with Crippen LogP contribution in [0.2, 0.25) is 0 Å². The first-order valence-corrected chi connectivity index (χ1v) is 7.35. The van der Waals surface area contributed by atoms with E-state index in [2.05, 4.69) is 0 Å². The molecule has 2 aliphatic heterocycles. The van der Waals surface area contributed by atoms with Crippen molar-refractivity contribution < 1.29 is 14.3 Å². The first-order valence-electron chi connectivity index (χ1n) is 7.35. The summed E-state index contributed by atoms with van der Waals surface area (Å²) in [6.07, 6.45) is 1.51. The smallest absolute Gasteiger partial charge is 0.251 e. The molecule has 2 amide bonds. The summed E-state index contributed by atoms with van der Waals surface area (Å²) in [7, 11) is 0. The monoisotopic (exact) mass is 319 g/mol. The number of hydrogen-bond acceptors (Lipinski definition) is 4. The van der Waals surface area contributed by atoms with Gasteiger partial charge in [0.2, 0.25) is 5.91 Å². The number of amides is 2. The van der Waals surface area contributed by atoms with Crippen molar-refractivity contribution in [1.29, 1.82) is 0 Å². The van der Waals surface area contributed by atoms with E-state index in [9.17, 15) is 9.59 Å². The number of piperazine rings is 1. The predicted molar refractivity (Wildman–Crippen MR) is 82.2 cm³/mol. The van der Waals surface area contributed by atoms with Crippen LogP contribution in [0.25, 0.3) is 0 Å². The highest BCUT2D eigenvalue weighted by Crippen LogP contribution is 2.20. The Bertz CT molecular complexity index is 376. The Morgan fingerprint density at radius 3 is 2.24 bits per heavy atom. The zero-order chi connectivity index (χ0) is 14.8. The molecular weight excluding hydrogens is 294 g/mol. The van der Waals surface area contributed by atoms with Crippen LogP contribution in [0.3, 0.4) is 0 Å². The number of carbonyl (C=O) groups excluding carboxylic acids is 2. The van der Waals surface area contributed by atoms with Gasteiger partial charge in [0.15, 0.2) is 0 Å². The highest BCUT2D eigenvalue weighted by molar-refractivity contribution is 5.85. The van der Waals surface area contributed by atoms with E-state index in [4.69, 9.17) is 10.5 Å². The molecule has 1 unspecified atom stereocenters. The largest absolute Gasteiger partial charge is 0.368 e. The van der Waals surface area contributed by atoms with E-state index < -0.39 is 5.41 Å². The molecule has 6 nitrogen and oxygen atoms in total. The van der Waals surface area contributed by atoms with Gasteiger partial charge in [0.05, 0.1) is 5.41 Å². The molecule has 2 N–H and O–H groups in total. The lowest BCUT2D eigenvalue weighted by Gasteiger charge is -2.38. The fraction of sp³-hybridized carbons (Fsp3) is 0.857. The predicted octanol–water partition coefficient (Wildman–Crippen LogP) is 0.243. The van der Waals surface area contributed by atoms with Crippen LogP contribution in [0.15, 0.2) is 0 Å². The Morgan fingerprint density at radius 1 is 1.19 bits per heavy atom. The SMILES string of the molecule is CC(C)(CN)C(=O)N1CCN(C(=O)C2CCCO2)CC1.Cl. The van der Waals surface area contributed by atoms with E-state index in [0.29, 0.717) is 39.3 Å². The number of carbonyl (C=O) groups is 2. The minimum atomic E-state index is -0.527. The van der Waals surface area contributed by atoms with Crippen LogP contribution in [0.1, 0.15) is 26.7 Å². The average Bonchev–Trinajstić information content (AvgIpc) is 3.00. The maximum atomic E-state index is 12.3. The average molecular weight is 320 g/mol. The summed E-state index contributed by atoms with van der Waals surface area (Å²) >= 11 is 0. The normalized spacial score (nSPS) is 22.9. The van der Waals surface area contributed by atoms with Gasteiger partial charge in [0.25, 0.3) is 5.91 Å². The molecule has 0 aromatic carbocycles. The van der Waals surface area contributed by atoms with Gasteiger partial charge >= 0.3 is 0 Å². The maximum Gasteiger partial charge on any atom is 0.251 e. The Balaban J connectivity index is 0.00000220. The Morgan fingerprint density at radius 2 is 1.76 bits per heavy atom. The minimum Gasteiger partial charge on any atom is -0.368 e. The summed E-state index contributed by atoms with van der Waals surface area (Å²) in [5.41, 5.74) is 5.12. The second-order valence-corrected chi connectivity index (χ2v) is 6.21. The second kappa shape index (κ2) is 7.42. The van der Waals surface area contributed by atoms with Gasteiger partial charge in [-0.3, -0.25) is 9.59 Å². The third-order valence-electron chi connectivity index (χ3n) is 4.17. The summed E-state index contributed by atoms with van der Waals surface area (Å²) in [5, 5.41) is 0. The van der Waals surface area contributed by atoms with Gasteiger partial charge in [-0.1, -0.05) is 0 Å². The van der Waals surface area contributed by atoms with Crippen LogP contribution in [-0.4, -0.2) is 67.0 Å². The molecule has 122 valence electrons. The third-order valence-corrected chi connectivity index (χ3v) is 4.17. The van der Waals surface area contributed by atoms with E-state index in [-0.39, 0.29) is 30.3 Å². The zero-order valence-electron chi connectivity index (χ0n) is 12.8. The van der Waals surface area contributed by atoms with Crippen molar-refractivity contribution in [3.05, 3.63) is 0 Å². The molecular formula is C14H26ClN3O3. The van der Waals surface area contributed by atoms with Crippen molar-refractivity contribution in [2.75, 3.05) is 39.3 Å². The number of rotatable bonds is 3. The molecule has 2 fully saturated rings. The van der Waals surface area contributed by atoms with Gasteiger partial charge in [0, 0.05) is 39.3 Å². The van der Waals surface area contributed by atoms with Crippen LogP contribution < -0.4 is 5.73 Å². The van der Waals surface area contributed by atoms with E-state index in [1.807, 2.05) is 23.6 Å². The fourth-order valence-electron chi connectivity index (χ4n) is 2.62. The van der Waals surface area contributed by atoms with E-state index in [1.165, 1.54) is 0 Å². The highest BCUT2D eigenvalue weighted by Gasteiger charge is 2.35. The molecule has 0 radical (unpaired) electrons. The first-order chi connectivity index (χ1) is 9.45. The molecule has 0 aromatic rings. The van der Waals surface area contributed by atoms with E-state index in [0.717, 1.165) is 12.8 Å². The molecule has 0 aliphatic carbocycles. The molecule has 21 heavy (non-hydrogen) atoms.